The maximum atomic E-state index is 12.8. The van der Waals surface area contributed by atoms with E-state index in [4.69, 9.17) is 9.26 Å². The van der Waals surface area contributed by atoms with Crippen molar-refractivity contribution in [1.82, 2.24) is 10.1 Å². The molecule has 6 heteroatoms. The Labute approximate surface area is 133 Å². The molecule has 2 saturated heterocycles. The van der Waals surface area contributed by atoms with Crippen LogP contribution in [0.4, 0.5) is 0 Å². The van der Waals surface area contributed by atoms with Gasteiger partial charge in [0.15, 0.2) is 5.58 Å². The standard InChI is InChI=1S/C16H18N2O3S/c19-16(9-12-11-3-1-2-4-14(11)21-17-12)18-6-8-22-15-10-20-7-5-13(15)18/h1-4,13,15H,5-10H2. The number of benzene rings is 1. The fourth-order valence-electron chi connectivity index (χ4n) is 3.30. The minimum absolute atomic E-state index is 0.149. The van der Waals surface area contributed by atoms with Crippen molar-refractivity contribution in [2.75, 3.05) is 25.5 Å². The van der Waals surface area contributed by atoms with Gasteiger partial charge in [0.1, 0.15) is 5.69 Å². The fourth-order valence-corrected chi connectivity index (χ4v) is 4.61. The topological polar surface area (TPSA) is 55.6 Å². The number of fused-ring (bicyclic) bond motifs is 2. The average Bonchev–Trinajstić information content (AvgIpc) is 2.97. The molecule has 22 heavy (non-hydrogen) atoms. The Morgan fingerprint density at radius 2 is 2.32 bits per heavy atom. The molecule has 0 spiro atoms. The highest BCUT2D eigenvalue weighted by Gasteiger charge is 2.37. The first kappa shape index (κ1) is 14.1. The molecule has 0 radical (unpaired) electrons. The maximum absolute atomic E-state index is 12.8. The Bertz CT molecular complexity index is 685. The van der Waals surface area contributed by atoms with Crippen molar-refractivity contribution >= 4 is 28.6 Å². The Kier molecular flexibility index (Phi) is 3.80. The van der Waals surface area contributed by atoms with Gasteiger partial charge >= 0.3 is 0 Å². The lowest BCUT2D eigenvalue weighted by atomic mass is 10.0. The second-order valence-electron chi connectivity index (χ2n) is 5.73. The molecule has 0 bridgehead atoms. The SMILES string of the molecule is O=C(Cc1noc2ccccc12)N1CCSC2COCCC21. The average molecular weight is 318 g/mol. The highest BCUT2D eigenvalue weighted by atomic mass is 32.2. The largest absolute Gasteiger partial charge is 0.380 e. The van der Waals surface area contributed by atoms with Crippen LogP contribution < -0.4 is 0 Å². The molecule has 2 unspecified atom stereocenters. The molecule has 2 aliphatic rings. The molecule has 0 N–H and O–H groups in total. The second-order valence-corrected chi connectivity index (χ2v) is 7.08. The van der Waals surface area contributed by atoms with Gasteiger partial charge in [-0.2, -0.15) is 11.8 Å². The van der Waals surface area contributed by atoms with Gasteiger partial charge in [0, 0.05) is 35.6 Å². The third kappa shape index (κ3) is 2.50. The smallest absolute Gasteiger partial charge is 0.229 e. The highest BCUT2D eigenvalue weighted by Crippen LogP contribution is 2.31. The lowest BCUT2D eigenvalue weighted by molar-refractivity contribution is -0.134. The van der Waals surface area contributed by atoms with Gasteiger partial charge in [-0.3, -0.25) is 4.79 Å². The van der Waals surface area contributed by atoms with Crippen molar-refractivity contribution in [3.63, 3.8) is 0 Å². The van der Waals surface area contributed by atoms with Crippen LogP contribution in [0.5, 0.6) is 0 Å². The molecule has 1 aromatic heterocycles. The molecule has 1 amide bonds. The summed E-state index contributed by atoms with van der Waals surface area (Å²) >= 11 is 1.93. The van der Waals surface area contributed by atoms with Crippen LogP contribution in [0.1, 0.15) is 12.1 Å². The minimum Gasteiger partial charge on any atom is -0.380 e. The summed E-state index contributed by atoms with van der Waals surface area (Å²) in [4.78, 5) is 14.8. The number of hydrogen-bond acceptors (Lipinski definition) is 5. The van der Waals surface area contributed by atoms with Gasteiger partial charge in [0.25, 0.3) is 0 Å². The van der Waals surface area contributed by atoms with Gasteiger partial charge in [-0.25, -0.2) is 0 Å². The molecule has 4 rings (SSSR count). The van der Waals surface area contributed by atoms with Gasteiger partial charge < -0.3 is 14.2 Å². The lowest BCUT2D eigenvalue weighted by Crippen LogP contribution is -2.54. The zero-order valence-electron chi connectivity index (χ0n) is 12.2. The van der Waals surface area contributed by atoms with E-state index in [-0.39, 0.29) is 5.91 Å². The molecule has 0 saturated carbocycles. The summed E-state index contributed by atoms with van der Waals surface area (Å²) in [5.74, 6) is 1.13. The van der Waals surface area contributed by atoms with Gasteiger partial charge in [-0.15, -0.1) is 0 Å². The Balaban J connectivity index is 1.53. The fraction of sp³-hybridized carbons (Fsp3) is 0.500. The summed E-state index contributed by atoms with van der Waals surface area (Å²) in [6, 6.07) is 7.99. The number of hydrogen-bond donors (Lipinski definition) is 0. The van der Waals surface area contributed by atoms with Crippen molar-refractivity contribution in [3.05, 3.63) is 30.0 Å². The third-order valence-electron chi connectivity index (χ3n) is 4.42. The Morgan fingerprint density at radius 1 is 1.41 bits per heavy atom. The Morgan fingerprint density at radius 3 is 3.27 bits per heavy atom. The lowest BCUT2D eigenvalue weighted by Gasteiger charge is -2.43. The van der Waals surface area contributed by atoms with E-state index in [2.05, 4.69) is 5.16 Å². The molecule has 116 valence electrons. The van der Waals surface area contributed by atoms with E-state index < -0.39 is 0 Å². The first-order valence-corrected chi connectivity index (χ1v) is 8.70. The Hall–Kier alpha value is -1.53. The van der Waals surface area contributed by atoms with Crippen molar-refractivity contribution in [1.29, 1.82) is 0 Å². The van der Waals surface area contributed by atoms with Crippen LogP contribution in [0.2, 0.25) is 0 Å². The summed E-state index contributed by atoms with van der Waals surface area (Å²) in [6.45, 7) is 2.32. The van der Waals surface area contributed by atoms with Gasteiger partial charge in [0.05, 0.1) is 13.0 Å². The minimum atomic E-state index is 0.149. The predicted octanol–water partition coefficient (Wildman–Crippen LogP) is 2.10. The van der Waals surface area contributed by atoms with Crippen LogP contribution in [0, 0.1) is 0 Å². The number of carbonyl (C=O) groups is 1. The van der Waals surface area contributed by atoms with Crippen LogP contribution in [-0.4, -0.2) is 52.8 Å². The van der Waals surface area contributed by atoms with Crippen LogP contribution in [0.15, 0.2) is 28.8 Å². The number of thioether (sulfide) groups is 1. The van der Waals surface area contributed by atoms with Crippen LogP contribution in [0.25, 0.3) is 11.0 Å². The van der Waals surface area contributed by atoms with E-state index in [0.717, 1.165) is 48.6 Å². The molecule has 1 aromatic carbocycles. The van der Waals surface area contributed by atoms with Crippen LogP contribution in [-0.2, 0) is 16.0 Å². The van der Waals surface area contributed by atoms with Crippen LogP contribution in [0.3, 0.4) is 0 Å². The summed E-state index contributed by atoms with van der Waals surface area (Å²) < 4.78 is 10.8. The number of ether oxygens (including phenoxy) is 1. The molecule has 2 aromatic rings. The van der Waals surface area contributed by atoms with Gasteiger partial charge in [-0.1, -0.05) is 17.3 Å². The van der Waals surface area contributed by atoms with Crippen LogP contribution >= 0.6 is 11.8 Å². The maximum Gasteiger partial charge on any atom is 0.229 e. The summed E-state index contributed by atoms with van der Waals surface area (Å²) in [6.07, 6.45) is 1.24. The van der Waals surface area contributed by atoms with E-state index in [9.17, 15) is 4.79 Å². The monoisotopic (exact) mass is 318 g/mol. The highest BCUT2D eigenvalue weighted by molar-refractivity contribution is 8.00. The molecule has 2 fully saturated rings. The number of carbonyl (C=O) groups excluding carboxylic acids is 1. The quantitative estimate of drug-likeness (QED) is 0.849. The van der Waals surface area contributed by atoms with E-state index in [0.29, 0.717) is 17.7 Å². The normalized spacial score (nSPS) is 25.2. The van der Waals surface area contributed by atoms with E-state index >= 15 is 0 Å². The molecular formula is C16H18N2O3S. The first-order chi connectivity index (χ1) is 10.8. The predicted molar refractivity (Wildman–Crippen MR) is 84.9 cm³/mol. The molecule has 3 heterocycles. The number of amides is 1. The van der Waals surface area contributed by atoms with Gasteiger partial charge in [-0.05, 0) is 18.6 Å². The zero-order chi connectivity index (χ0) is 14.9. The van der Waals surface area contributed by atoms with E-state index in [1.54, 1.807) is 0 Å². The van der Waals surface area contributed by atoms with E-state index in [1.807, 2.05) is 40.9 Å². The second kappa shape index (κ2) is 5.93. The van der Waals surface area contributed by atoms with Crippen molar-refractivity contribution in [3.8, 4) is 0 Å². The van der Waals surface area contributed by atoms with Gasteiger partial charge in [0.2, 0.25) is 5.91 Å². The van der Waals surface area contributed by atoms with Crippen molar-refractivity contribution < 1.29 is 14.1 Å². The zero-order valence-corrected chi connectivity index (χ0v) is 13.1. The number of rotatable bonds is 2. The molecule has 5 nitrogen and oxygen atoms in total. The number of para-hydroxylation sites is 1. The summed E-state index contributed by atoms with van der Waals surface area (Å²) in [7, 11) is 0. The van der Waals surface area contributed by atoms with Crippen molar-refractivity contribution in [2.45, 2.75) is 24.1 Å². The summed E-state index contributed by atoms with van der Waals surface area (Å²) in [5.41, 5.74) is 1.48. The number of nitrogens with zero attached hydrogens (tertiary/aromatic N) is 2. The number of aromatic nitrogens is 1. The molecule has 2 aliphatic heterocycles. The molecule has 2 atom stereocenters. The summed E-state index contributed by atoms with van der Waals surface area (Å²) in [5, 5.41) is 5.43. The first-order valence-electron chi connectivity index (χ1n) is 7.65. The molecule has 0 aliphatic carbocycles. The molecular weight excluding hydrogens is 300 g/mol. The third-order valence-corrected chi connectivity index (χ3v) is 5.72. The van der Waals surface area contributed by atoms with Crippen molar-refractivity contribution in [2.24, 2.45) is 0 Å². The van der Waals surface area contributed by atoms with E-state index in [1.165, 1.54) is 0 Å².